The van der Waals surface area contributed by atoms with Crippen LogP contribution in [-0.4, -0.2) is 52.5 Å². The maximum Gasteiger partial charge on any atom is 0.333 e. The Morgan fingerprint density at radius 3 is 2.19 bits per heavy atom. The minimum Gasteiger partial charge on any atom is -0.479 e. The maximum atomic E-state index is 12.0. The largest absolute Gasteiger partial charge is 0.479 e. The highest BCUT2D eigenvalue weighted by Crippen LogP contribution is 2.15. The van der Waals surface area contributed by atoms with Gasteiger partial charge >= 0.3 is 5.97 Å². The normalized spacial score (nSPS) is 14.2. The molecule has 0 radical (unpaired) electrons. The molecule has 0 saturated heterocycles. The first-order valence-corrected chi connectivity index (χ1v) is 6.64. The molecule has 0 aromatic rings. The number of hydrogen-bond acceptors (Lipinski definition) is 4. The van der Waals surface area contributed by atoms with Crippen LogP contribution in [0.1, 0.15) is 20.3 Å². The number of hydrogen-bond donors (Lipinski definition) is 2. The zero-order chi connectivity index (χ0) is 12.8. The fourth-order valence-electron chi connectivity index (χ4n) is 1.36. The number of nitrogens with zero attached hydrogens (tertiary/aromatic N) is 1. The van der Waals surface area contributed by atoms with Crippen LogP contribution in [0.4, 0.5) is 0 Å². The van der Waals surface area contributed by atoms with Gasteiger partial charge in [-0.05, 0) is 32.3 Å². The Bertz CT molecular complexity index is 256. The van der Waals surface area contributed by atoms with Crippen molar-refractivity contribution in [1.29, 1.82) is 0 Å². The minimum atomic E-state index is -1.78. The monoisotopic (exact) mass is 248 g/mol. The summed E-state index contributed by atoms with van der Waals surface area (Å²) in [6.45, 7) is 4.55. The van der Waals surface area contributed by atoms with Crippen molar-refractivity contribution in [3.63, 3.8) is 0 Å². The van der Waals surface area contributed by atoms with Crippen LogP contribution >= 0.6 is 11.8 Å². The summed E-state index contributed by atoms with van der Waals surface area (Å²) >= 11 is 1.48. The van der Waals surface area contributed by atoms with Gasteiger partial charge in [0.05, 0.1) is 0 Å². The van der Waals surface area contributed by atoms with Crippen LogP contribution in [-0.2, 0) is 9.59 Å². The summed E-state index contributed by atoms with van der Waals surface area (Å²) in [5.41, 5.74) is 3.94. The van der Waals surface area contributed by atoms with Crippen LogP contribution in [0, 0.1) is 0 Å². The summed E-state index contributed by atoms with van der Waals surface area (Å²) in [6, 6.07) is 0. The van der Waals surface area contributed by atoms with Crippen molar-refractivity contribution >= 4 is 23.6 Å². The molecular formula is C10H20N2O3S. The van der Waals surface area contributed by atoms with E-state index >= 15 is 0 Å². The van der Waals surface area contributed by atoms with E-state index in [-0.39, 0.29) is 6.42 Å². The van der Waals surface area contributed by atoms with Crippen molar-refractivity contribution in [2.24, 2.45) is 5.73 Å². The predicted octanol–water partition coefficient (Wildman–Crippen LogP) is 0.390. The van der Waals surface area contributed by atoms with E-state index in [1.54, 1.807) is 13.8 Å². The lowest BCUT2D eigenvalue weighted by molar-refractivity contribution is -0.153. The zero-order valence-corrected chi connectivity index (χ0v) is 10.8. The minimum absolute atomic E-state index is 0.152. The fourth-order valence-corrected chi connectivity index (χ4v) is 1.89. The molecule has 0 aliphatic rings. The van der Waals surface area contributed by atoms with Crippen LogP contribution in [0.25, 0.3) is 0 Å². The summed E-state index contributed by atoms with van der Waals surface area (Å²) in [7, 11) is 0. The van der Waals surface area contributed by atoms with Gasteiger partial charge < -0.3 is 15.7 Å². The number of carboxylic acids is 1. The summed E-state index contributed by atoms with van der Waals surface area (Å²) < 4.78 is 0. The molecule has 0 aromatic heterocycles. The Balaban J connectivity index is 4.88. The maximum absolute atomic E-state index is 12.0. The molecule has 1 amide bonds. The van der Waals surface area contributed by atoms with Crippen molar-refractivity contribution in [1.82, 2.24) is 4.90 Å². The summed E-state index contributed by atoms with van der Waals surface area (Å²) in [5, 5.41) is 9.09. The molecule has 0 spiro atoms. The lowest BCUT2D eigenvalue weighted by atomic mass is 9.95. The molecule has 0 aromatic carbocycles. The first-order valence-electron chi connectivity index (χ1n) is 5.24. The van der Waals surface area contributed by atoms with Crippen molar-refractivity contribution < 1.29 is 14.7 Å². The molecule has 1 unspecified atom stereocenters. The first-order chi connectivity index (χ1) is 7.43. The average molecular weight is 248 g/mol. The third kappa shape index (κ3) is 3.38. The Morgan fingerprint density at radius 1 is 1.38 bits per heavy atom. The van der Waals surface area contributed by atoms with Crippen LogP contribution in [0.5, 0.6) is 0 Å². The van der Waals surface area contributed by atoms with Gasteiger partial charge in [0.15, 0.2) is 5.54 Å². The van der Waals surface area contributed by atoms with Gasteiger partial charge in [-0.15, -0.1) is 0 Å². The molecular weight excluding hydrogens is 228 g/mol. The van der Waals surface area contributed by atoms with E-state index in [4.69, 9.17) is 10.8 Å². The molecule has 16 heavy (non-hydrogen) atoms. The molecule has 0 bridgehead atoms. The third-order valence-electron chi connectivity index (χ3n) is 2.51. The zero-order valence-electron chi connectivity index (χ0n) is 10.0. The van der Waals surface area contributed by atoms with E-state index in [2.05, 4.69) is 0 Å². The van der Waals surface area contributed by atoms with Crippen LogP contribution < -0.4 is 5.73 Å². The average Bonchev–Trinajstić information content (AvgIpc) is 2.27. The molecule has 3 N–H and O–H groups in total. The van der Waals surface area contributed by atoms with Gasteiger partial charge in [-0.25, -0.2) is 4.79 Å². The summed E-state index contributed by atoms with van der Waals surface area (Å²) in [5.74, 6) is -1.20. The van der Waals surface area contributed by atoms with Gasteiger partial charge in [-0.2, -0.15) is 11.8 Å². The third-order valence-corrected chi connectivity index (χ3v) is 3.13. The number of amides is 1. The lowest BCUT2D eigenvalue weighted by Gasteiger charge is -2.29. The molecule has 1 atom stereocenters. The van der Waals surface area contributed by atoms with Crippen molar-refractivity contribution in [2.45, 2.75) is 25.8 Å². The van der Waals surface area contributed by atoms with Gasteiger partial charge in [0.1, 0.15) is 0 Å². The summed E-state index contributed by atoms with van der Waals surface area (Å²) in [4.78, 5) is 24.6. The lowest BCUT2D eigenvalue weighted by Crippen LogP contribution is -2.60. The van der Waals surface area contributed by atoms with Crippen LogP contribution in [0.3, 0.4) is 0 Å². The predicted molar refractivity (Wildman–Crippen MR) is 65.5 cm³/mol. The standard InChI is InChI=1S/C10H20N2O3S/c1-4-12(5-2)8(13)10(11,9(14)15)6-7-16-3/h4-7,11H2,1-3H3,(H,14,15). The van der Waals surface area contributed by atoms with Gasteiger partial charge in [0, 0.05) is 13.1 Å². The van der Waals surface area contributed by atoms with E-state index in [0.717, 1.165) is 0 Å². The molecule has 0 aliphatic heterocycles. The number of carboxylic acid groups (broad SMARTS) is 1. The number of carbonyl (C=O) groups is 2. The molecule has 5 nitrogen and oxygen atoms in total. The van der Waals surface area contributed by atoms with Gasteiger partial charge in [0.2, 0.25) is 0 Å². The quantitative estimate of drug-likeness (QED) is 0.637. The topological polar surface area (TPSA) is 83.6 Å². The van der Waals surface area contributed by atoms with E-state index in [1.165, 1.54) is 16.7 Å². The summed E-state index contributed by atoms with van der Waals surface area (Å²) in [6.07, 6.45) is 2.00. The molecule has 0 saturated carbocycles. The molecule has 0 fully saturated rings. The number of aliphatic carboxylic acids is 1. The van der Waals surface area contributed by atoms with Gasteiger partial charge in [-0.3, -0.25) is 4.79 Å². The van der Waals surface area contributed by atoms with E-state index in [9.17, 15) is 9.59 Å². The second kappa shape index (κ2) is 6.75. The molecule has 0 aliphatic carbocycles. The van der Waals surface area contributed by atoms with Gasteiger partial charge in [-0.1, -0.05) is 0 Å². The molecule has 6 heteroatoms. The number of likely N-dealkylation sites (N-methyl/N-ethyl adjacent to an activating group) is 1. The second-order valence-electron chi connectivity index (χ2n) is 3.50. The Kier molecular flexibility index (Phi) is 6.43. The fraction of sp³-hybridized carbons (Fsp3) is 0.800. The van der Waals surface area contributed by atoms with E-state index in [0.29, 0.717) is 18.8 Å². The highest BCUT2D eigenvalue weighted by molar-refractivity contribution is 7.98. The number of rotatable bonds is 7. The Hall–Kier alpha value is -0.750. The number of carbonyl (C=O) groups excluding carboxylic acids is 1. The highest BCUT2D eigenvalue weighted by atomic mass is 32.2. The Morgan fingerprint density at radius 2 is 1.88 bits per heavy atom. The molecule has 0 heterocycles. The van der Waals surface area contributed by atoms with E-state index < -0.39 is 17.4 Å². The van der Waals surface area contributed by atoms with Crippen molar-refractivity contribution in [2.75, 3.05) is 25.1 Å². The molecule has 0 rings (SSSR count). The second-order valence-corrected chi connectivity index (χ2v) is 4.48. The van der Waals surface area contributed by atoms with Crippen molar-refractivity contribution in [3.05, 3.63) is 0 Å². The smallest absolute Gasteiger partial charge is 0.333 e. The molecule has 94 valence electrons. The number of thioether (sulfide) groups is 1. The number of nitrogens with two attached hydrogens (primary N) is 1. The first kappa shape index (κ1) is 15.2. The van der Waals surface area contributed by atoms with Crippen LogP contribution in [0.2, 0.25) is 0 Å². The van der Waals surface area contributed by atoms with Crippen molar-refractivity contribution in [3.8, 4) is 0 Å². The van der Waals surface area contributed by atoms with Gasteiger partial charge in [0.25, 0.3) is 5.91 Å². The Labute approximate surface area is 100 Å². The highest BCUT2D eigenvalue weighted by Gasteiger charge is 2.43. The van der Waals surface area contributed by atoms with E-state index in [1.807, 2.05) is 6.26 Å². The SMILES string of the molecule is CCN(CC)C(=O)C(N)(CCSC)C(=O)O. The van der Waals surface area contributed by atoms with Crippen LogP contribution in [0.15, 0.2) is 0 Å².